The molecule has 0 aliphatic heterocycles. The number of carbonyl (C=O) groups is 1. The van der Waals surface area contributed by atoms with Crippen molar-refractivity contribution in [2.24, 2.45) is 0 Å². The second-order valence-electron chi connectivity index (χ2n) is 4.49. The van der Waals surface area contributed by atoms with Crippen LogP contribution in [0.1, 0.15) is 23.4 Å². The summed E-state index contributed by atoms with van der Waals surface area (Å²) in [6.07, 6.45) is 0.687. The summed E-state index contributed by atoms with van der Waals surface area (Å²) in [5.74, 6) is 0.600. The fourth-order valence-electron chi connectivity index (χ4n) is 1.68. The summed E-state index contributed by atoms with van der Waals surface area (Å²) in [4.78, 5) is 17.6. The number of halogens is 1. The Morgan fingerprint density at radius 3 is 2.95 bits per heavy atom. The highest BCUT2D eigenvalue weighted by Gasteiger charge is 2.16. The lowest BCUT2D eigenvalue weighted by Crippen LogP contribution is -2.31. The van der Waals surface area contributed by atoms with Crippen molar-refractivity contribution in [3.63, 3.8) is 0 Å². The average Bonchev–Trinajstić information content (AvgIpc) is 2.95. The van der Waals surface area contributed by atoms with E-state index >= 15 is 0 Å². The molecule has 0 saturated carbocycles. The molecule has 0 saturated heterocycles. The van der Waals surface area contributed by atoms with E-state index in [0.717, 1.165) is 0 Å². The fraction of sp³-hybridized carbons (Fsp3) is 0.357. The highest BCUT2D eigenvalue weighted by Crippen LogP contribution is 2.11. The number of H-pyrrole nitrogens is 1. The summed E-state index contributed by atoms with van der Waals surface area (Å²) < 4.78 is 18.4. The smallest absolute Gasteiger partial charge is 0.293 e. The predicted molar refractivity (Wildman–Crippen MR) is 74.6 cm³/mol. The molecule has 1 aromatic carbocycles. The molecule has 0 fully saturated rings. The molecule has 0 radical (unpaired) electrons. The molecule has 0 aliphatic carbocycles. The molecule has 0 spiro atoms. The van der Waals surface area contributed by atoms with E-state index in [2.05, 4.69) is 15.2 Å². The maximum atomic E-state index is 13.0. The summed E-state index contributed by atoms with van der Waals surface area (Å²) in [6.45, 7) is 2.54. The minimum atomic E-state index is -0.357. The number of likely N-dealkylation sites (N-methyl/N-ethyl adjacent to an activating group) is 1. The molecular formula is C14H17FN4O2. The number of aryl methyl sites for hydroxylation is 1. The lowest BCUT2D eigenvalue weighted by molar-refractivity contribution is 0.0762. The number of aromatic amines is 1. The molecule has 21 heavy (non-hydrogen) atoms. The number of nitrogens with one attached hydrogen (secondary N) is 1. The van der Waals surface area contributed by atoms with Crippen molar-refractivity contribution in [2.45, 2.75) is 13.3 Å². The van der Waals surface area contributed by atoms with Gasteiger partial charge in [0.05, 0.1) is 6.54 Å². The van der Waals surface area contributed by atoms with Crippen LogP contribution in [0.5, 0.6) is 5.75 Å². The molecule has 6 nitrogen and oxygen atoms in total. The van der Waals surface area contributed by atoms with Gasteiger partial charge in [-0.1, -0.05) is 13.0 Å². The van der Waals surface area contributed by atoms with Gasteiger partial charge in [0, 0.05) is 19.5 Å². The molecule has 112 valence electrons. The highest BCUT2D eigenvalue weighted by molar-refractivity contribution is 5.90. The van der Waals surface area contributed by atoms with Gasteiger partial charge in [-0.25, -0.2) is 9.37 Å². The lowest BCUT2D eigenvalue weighted by Gasteiger charge is -2.15. The molecule has 1 amide bonds. The van der Waals surface area contributed by atoms with Gasteiger partial charge in [0.25, 0.3) is 5.91 Å². The Kier molecular flexibility index (Phi) is 4.86. The summed E-state index contributed by atoms with van der Waals surface area (Å²) >= 11 is 0. The zero-order valence-corrected chi connectivity index (χ0v) is 12.0. The summed E-state index contributed by atoms with van der Waals surface area (Å²) in [6, 6.07) is 5.87. The van der Waals surface area contributed by atoms with E-state index in [0.29, 0.717) is 24.5 Å². The lowest BCUT2D eigenvalue weighted by atomic mass is 10.3. The highest BCUT2D eigenvalue weighted by atomic mass is 19.1. The molecule has 1 N–H and O–H groups in total. The monoisotopic (exact) mass is 292 g/mol. The number of rotatable bonds is 6. The van der Waals surface area contributed by atoms with Crippen LogP contribution in [0.15, 0.2) is 24.3 Å². The number of ether oxygens (including phenoxy) is 1. The molecule has 0 atom stereocenters. The number of nitrogens with zero attached hydrogens (tertiary/aromatic N) is 3. The van der Waals surface area contributed by atoms with Crippen molar-refractivity contribution in [1.82, 2.24) is 20.1 Å². The van der Waals surface area contributed by atoms with Gasteiger partial charge in [0.1, 0.15) is 24.0 Å². The Labute approximate surface area is 121 Å². The second kappa shape index (κ2) is 6.83. The third-order valence-electron chi connectivity index (χ3n) is 2.90. The average molecular weight is 292 g/mol. The van der Waals surface area contributed by atoms with Crippen molar-refractivity contribution in [1.29, 1.82) is 0 Å². The van der Waals surface area contributed by atoms with Gasteiger partial charge in [-0.05, 0) is 12.1 Å². The molecule has 0 unspecified atom stereocenters. The molecule has 1 aromatic heterocycles. The summed E-state index contributed by atoms with van der Waals surface area (Å²) in [5, 5.41) is 6.57. The number of benzene rings is 1. The second-order valence-corrected chi connectivity index (χ2v) is 4.49. The Balaban J connectivity index is 1.84. The summed E-state index contributed by atoms with van der Waals surface area (Å²) in [5.41, 5.74) is 0. The first-order valence-corrected chi connectivity index (χ1v) is 6.65. The Hall–Kier alpha value is -2.44. The van der Waals surface area contributed by atoms with Crippen molar-refractivity contribution >= 4 is 5.91 Å². The maximum Gasteiger partial charge on any atom is 0.293 e. The van der Waals surface area contributed by atoms with Gasteiger partial charge in [-0.15, -0.1) is 5.10 Å². The van der Waals surface area contributed by atoms with Gasteiger partial charge in [0.15, 0.2) is 0 Å². The van der Waals surface area contributed by atoms with Crippen LogP contribution in [0.4, 0.5) is 4.39 Å². The molecule has 7 heteroatoms. The number of hydrogen-bond acceptors (Lipinski definition) is 4. The summed E-state index contributed by atoms with van der Waals surface area (Å²) in [7, 11) is 1.64. The van der Waals surface area contributed by atoms with Crippen LogP contribution in [0, 0.1) is 5.82 Å². The van der Waals surface area contributed by atoms with Crippen molar-refractivity contribution in [3.8, 4) is 5.75 Å². The Morgan fingerprint density at radius 1 is 1.48 bits per heavy atom. The number of amides is 1. The predicted octanol–water partition coefficient (Wildman–Crippen LogP) is 1.66. The zero-order valence-electron chi connectivity index (χ0n) is 12.0. The number of hydrogen-bond donors (Lipinski definition) is 1. The van der Waals surface area contributed by atoms with E-state index < -0.39 is 0 Å². The van der Waals surface area contributed by atoms with Crippen molar-refractivity contribution in [2.75, 3.05) is 20.2 Å². The zero-order chi connectivity index (χ0) is 15.2. The largest absolute Gasteiger partial charge is 0.492 e. The van der Waals surface area contributed by atoms with Gasteiger partial charge >= 0.3 is 0 Å². The van der Waals surface area contributed by atoms with Crippen LogP contribution in [0.2, 0.25) is 0 Å². The van der Waals surface area contributed by atoms with Crippen LogP contribution in [-0.4, -0.2) is 46.2 Å². The minimum Gasteiger partial charge on any atom is -0.492 e. The normalized spacial score (nSPS) is 10.4. The van der Waals surface area contributed by atoms with E-state index in [1.165, 1.54) is 17.0 Å². The SMILES string of the molecule is CCc1nc(C(=O)N(C)CCOc2cccc(F)c2)n[nH]1. The Bertz CT molecular complexity index is 615. The van der Waals surface area contributed by atoms with E-state index in [1.54, 1.807) is 19.2 Å². The van der Waals surface area contributed by atoms with E-state index in [1.807, 2.05) is 6.92 Å². The first-order valence-electron chi connectivity index (χ1n) is 6.65. The van der Waals surface area contributed by atoms with E-state index in [4.69, 9.17) is 4.74 Å². The van der Waals surface area contributed by atoms with Gasteiger partial charge in [-0.2, -0.15) is 0 Å². The Morgan fingerprint density at radius 2 is 2.29 bits per heavy atom. The van der Waals surface area contributed by atoms with Crippen LogP contribution in [0.25, 0.3) is 0 Å². The molecule has 0 bridgehead atoms. The van der Waals surface area contributed by atoms with Crippen molar-refractivity contribution in [3.05, 3.63) is 41.7 Å². The van der Waals surface area contributed by atoms with Gasteiger partial charge in [-0.3, -0.25) is 9.89 Å². The molecule has 2 aromatic rings. The molecular weight excluding hydrogens is 275 g/mol. The van der Waals surface area contributed by atoms with Crippen LogP contribution < -0.4 is 4.74 Å². The van der Waals surface area contributed by atoms with Crippen molar-refractivity contribution < 1.29 is 13.9 Å². The van der Waals surface area contributed by atoms with E-state index in [-0.39, 0.29) is 24.2 Å². The first-order chi connectivity index (χ1) is 10.1. The molecule has 2 rings (SSSR count). The third-order valence-corrected chi connectivity index (χ3v) is 2.90. The topological polar surface area (TPSA) is 71.1 Å². The van der Waals surface area contributed by atoms with Crippen LogP contribution in [0.3, 0.4) is 0 Å². The van der Waals surface area contributed by atoms with E-state index in [9.17, 15) is 9.18 Å². The van der Waals surface area contributed by atoms with Gasteiger partial charge < -0.3 is 9.64 Å². The first kappa shape index (κ1) is 15.0. The van der Waals surface area contributed by atoms with Crippen LogP contribution >= 0.6 is 0 Å². The maximum absolute atomic E-state index is 13.0. The molecule has 1 heterocycles. The number of carbonyl (C=O) groups excluding carboxylic acids is 1. The molecule has 0 aliphatic rings. The quantitative estimate of drug-likeness (QED) is 0.879. The van der Waals surface area contributed by atoms with Crippen LogP contribution in [-0.2, 0) is 6.42 Å². The number of aromatic nitrogens is 3. The third kappa shape index (κ3) is 4.01. The minimum absolute atomic E-state index is 0.139. The fourth-order valence-corrected chi connectivity index (χ4v) is 1.68. The van der Waals surface area contributed by atoms with Gasteiger partial charge in [0.2, 0.25) is 5.82 Å². The standard InChI is InChI=1S/C14H17FN4O2/c1-3-12-16-13(18-17-12)14(20)19(2)7-8-21-11-6-4-5-10(15)9-11/h4-6,9H,3,7-8H2,1-2H3,(H,16,17,18).